The standard InChI is InChI=1S/C9H16O2S/c1-4-5-6-12-7-8(2)9(10)11-3/h7H,4-6H2,1-3H3/b8-7+. The SMILES string of the molecule is CCCCS/C=C(\C)C(=O)OC. The van der Waals surface area contributed by atoms with Crippen molar-refractivity contribution in [3.8, 4) is 0 Å². The first kappa shape index (κ1) is 11.6. The highest BCUT2D eigenvalue weighted by Gasteiger charge is 2.00. The van der Waals surface area contributed by atoms with Gasteiger partial charge in [0.2, 0.25) is 0 Å². The molecule has 0 heterocycles. The van der Waals surface area contributed by atoms with Crippen LogP contribution in [-0.2, 0) is 9.53 Å². The summed E-state index contributed by atoms with van der Waals surface area (Å²) in [5, 5.41) is 1.86. The van der Waals surface area contributed by atoms with Crippen LogP contribution in [-0.4, -0.2) is 18.8 Å². The van der Waals surface area contributed by atoms with Crippen molar-refractivity contribution in [2.24, 2.45) is 0 Å². The molecule has 0 N–H and O–H groups in total. The zero-order valence-electron chi connectivity index (χ0n) is 7.92. The van der Waals surface area contributed by atoms with Crippen LogP contribution < -0.4 is 0 Å². The maximum Gasteiger partial charge on any atom is 0.333 e. The summed E-state index contributed by atoms with van der Waals surface area (Å²) in [6.07, 6.45) is 2.38. The molecule has 0 saturated carbocycles. The highest BCUT2D eigenvalue weighted by molar-refractivity contribution is 8.02. The van der Waals surface area contributed by atoms with Crippen molar-refractivity contribution in [2.75, 3.05) is 12.9 Å². The van der Waals surface area contributed by atoms with Crippen molar-refractivity contribution >= 4 is 17.7 Å². The Morgan fingerprint density at radius 2 is 2.25 bits per heavy atom. The van der Waals surface area contributed by atoms with Gasteiger partial charge in [0.1, 0.15) is 0 Å². The first-order valence-corrected chi connectivity index (χ1v) is 5.14. The molecule has 2 nitrogen and oxygen atoms in total. The molecule has 0 aliphatic rings. The van der Waals surface area contributed by atoms with E-state index in [-0.39, 0.29) is 5.97 Å². The summed E-state index contributed by atoms with van der Waals surface area (Å²) in [7, 11) is 1.40. The highest BCUT2D eigenvalue weighted by atomic mass is 32.2. The Bertz CT molecular complexity index is 164. The molecule has 0 spiro atoms. The van der Waals surface area contributed by atoms with E-state index >= 15 is 0 Å². The molecule has 0 bridgehead atoms. The minimum Gasteiger partial charge on any atom is -0.466 e. The van der Waals surface area contributed by atoms with Gasteiger partial charge in [-0.25, -0.2) is 4.79 Å². The number of hydrogen-bond acceptors (Lipinski definition) is 3. The van der Waals surface area contributed by atoms with E-state index in [1.54, 1.807) is 18.7 Å². The molecule has 0 aromatic rings. The summed E-state index contributed by atoms with van der Waals surface area (Å²) in [5.41, 5.74) is 0.679. The van der Waals surface area contributed by atoms with Gasteiger partial charge in [-0.3, -0.25) is 0 Å². The van der Waals surface area contributed by atoms with Gasteiger partial charge in [0, 0.05) is 5.57 Å². The second kappa shape index (κ2) is 7.22. The van der Waals surface area contributed by atoms with E-state index in [4.69, 9.17) is 0 Å². The van der Waals surface area contributed by atoms with Crippen molar-refractivity contribution in [1.29, 1.82) is 0 Å². The quantitative estimate of drug-likeness (QED) is 0.377. The average Bonchev–Trinajstić information content (AvgIpc) is 2.10. The molecular formula is C9H16O2S. The third-order valence-corrected chi connectivity index (χ3v) is 2.43. The van der Waals surface area contributed by atoms with Gasteiger partial charge in [-0.05, 0) is 24.5 Å². The lowest BCUT2D eigenvalue weighted by molar-refractivity contribution is -0.136. The average molecular weight is 188 g/mol. The zero-order valence-corrected chi connectivity index (χ0v) is 8.74. The number of methoxy groups -OCH3 is 1. The van der Waals surface area contributed by atoms with E-state index in [0.717, 1.165) is 5.75 Å². The van der Waals surface area contributed by atoms with Gasteiger partial charge >= 0.3 is 5.97 Å². The molecule has 0 aliphatic carbocycles. The molecule has 0 aliphatic heterocycles. The van der Waals surface area contributed by atoms with Crippen molar-refractivity contribution in [3.05, 3.63) is 11.0 Å². The van der Waals surface area contributed by atoms with Gasteiger partial charge in [0.15, 0.2) is 0 Å². The molecular weight excluding hydrogens is 172 g/mol. The normalized spacial score (nSPS) is 11.4. The third-order valence-electron chi connectivity index (χ3n) is 1.38. The van der Waals surface area contributed by atoms with Gasteiger partial charge in [-0.1, -0.05) is 13.3 Å². The predicted molar refractivity (Wildman–Crippen MR) is 53.1 cm³/mol. The monoisotopic (exact) mass is 188 g/mol. The fraction of sp³-hybridized carbons (Fsp3) is 0.667. The highest BCUT2D eigenvalue weighted by Crippen LogP contribution is 2.10. The molecule has 12 heavy (non-hydrogen) atoms. The van der Waals surface area contributed by atoms with E-state index < -0.39 is 0 Å². The van der Waals surface area contributed by atoms with E-state index in [0.29, 0.717) is 5.57 Å². The van der Waals surface area contributed by atoms with E-state index in [1.807, 2.05) is 5.41 Å². The summed E-state index contributed by atoms with van der Waals surface area (Å²) >= 11 is 1.67. The first-order chi connectivity index (χ1) is 5.72. The summed E-state index contributed by atoms with van der Waals surface area (Å²) in [4.78, 5) is 10.9. The van der Waals surface area contributed by atoms with Crippen LogP contribution >= 0.6 is 11.8 Å². The molecule has 0 rings (SSSR count). The number of thioether (sulfide) groups is 1. The van der Waals surface area contributed by atoms with Crippen LogP contribution in [0.2, 0.25) is 0 Å². The van der Waals surface area contributed by atoms with Gasteiger partial charge in [-0.15, -0.1) is 11.8 Å². The fourth-order valence-electron chi connectivity index (χ4n) is 0.621. The van der Waals surface area contributed by atoms with E-state index in [2.05, 4.69) is 11.7 Å². The van der Waals surface area contributed by atoms with Gasteiger partial charge in [-0.2, -0.15) is 0 Å². The Hall–Kier alpha value is -0.440. The van der Waals surface area contributed by atoms with Gasteiger partial charge in [0.25, 0.3) is 0 Å². The number of unbranched alkanes of at least 4 members (excludes halogenated alkanes) is 1. The predicted octanol–water partition coefficient (Wildman–Crippen LogP) is 2.60. The number of carbonyl (C=O) groups is 1. The Morgan fingerprint density at radius 3 is 2.75 bits per heavy atom. The van der Waals surface area contributed by atoms with Crippen LogP contribution in [0.4, 0.5) is 0 Å². The molecule has 0 fully saturated rings. The topological polar surface area (TPSA) is 26.3 Å². The second-order valence-electron chi connectivity index (χ2n) is 2.52. The summed E-state index contributed by atoms with van der Waals surface area (Å²) in [6.45, 7) is 3.92. The summed E-state index contributed by atoms with van der Waals surface area (Å²) in [5.74, 6) is 0.837. The van der Waals surface area contributed by atoms with Crippen LogP contribution in [0.25, 0.3) is 0 Å². The van der Waals surface area contributed by atoms with Crippen LogP contribution in [0.5, 0.6) is 0 Å². The molecule has 0 aromatic heterocycles. The number of carbonyl (C=O) groups excluding carboxylic acids is 1. The largest absolute Gasteiger partial charge is 0.466 e. The van der Waals surface area contributed by atoms with Gasteiger partial charge < -0.3 is 4.74 Å². The minimum atomic E-state index is -0.237. The molecule has 0 unspecified atom stereocenters. The Labute approximate surface area is 78.4 Å². The molecule has 3 heteroatoms. The Morgan fingerprint density at radius 1 is 1.58 bits per heavy atom. The molecule has 70 valence electrons. The van der Waals surface area contributed by atoms with Crippen LogP contribution in [0.3, 0.4) is 0 Å². The molecule has 0 amide bonds. The van der Waals surface area contributed by atoms with Crippen LogP contribution in [0.1, 0.15) is 26.7 Å². The van der Waals surface area contributed by atoms with Crippen molar-refractivity contribution in [3.63, 3.8) is 0 Å². The second-order valence-corrected chi connectivity index (χ2v) is 3.49. The molecule has 0 radical (unpaired) electrons. The smallest absolute Gasteiger partial charge is 0.333 e. The lowest BCUT2D eigenvalue weighted by Gasteiger charge is -1.97. The maximum absolute atomic E-state index is 10.9. The maximum atomic E-state index is 10.9. The van der Waals surface area contributed by atoms with Crippen LogP contribution in [0, 0.1) is 0 Å². The Kier molecular flexibility index (Phi) is 6.96. The minimum absolute atomic E-state index is 0.237. The lowest BCUT2D eigenvalue weighted by Crippen LogP contribution is -2.00. The van der Waals surface area contributed by atoms with Crippen molar-refractivity contribution in [2.45, 2.75) is 26.7 Å². The van der Waals surface area contributed by atoms with Crippen LogP contribution in [0.15, 0.2) is 11.0 Å². The zero-order chi connectivity index (χ0) is 9.40. The van der Waals surface area contributed by atoms with E-state index in [1.165, 1.54) is 20.0 Å². The van der Waals surface area contributed by atoms with E-state index in [9.17, 15) is 4.79 Å². The van der Waals surface area contributed by atoms with Crippen molar-refractivity contribution in [1.82, 2.24) is 0 Å². The molecule has 0 aromatic carbocycles. The number of rotatable bonds is 5. The molecule has 0 atom stereocenters. The summed E-state index contributed by atoms with van der Waals surface area (Å²) < 4.78 is 4.55. The number of ether oxygens (including phenoxy) is 1. The third kappa shape index (κ3) is 5.24. The number of hydrogen-bond donors (Lipinski definition) is 0. The summed E-state index contributed by atoms with van der Waals surface area (Å²) in [6, 6.07) is 0. The Balaban J connectivity index is 3.61. The van der Waals surface area contributed by atoms with Crippen molar-refractivity contribution < 1.29 is 9.53 Å². The number of esters is 1. The fourth-order valence-corrected chi connectivity index (χ4v) is 1.54. The van der Waals surface area contributed by atoms with Gasteiger partial charge in [0.05, 0.1) is 7.11 Å². The lowest BCUT2D eigenvalue weighted by atomic mass is 10.4. The molecule has 0 saturated heterocycles. The first-order valence-electron chi connectivity index (χ1n) is 4.09.